The van der Waals surface area contributed by atoms with E-state index in [1.165, 1.54) is 38.8 Å². The molecule has 0 spiro atoms. The minimum atomic E-state index is 0.568. The van der Waals surface area contributed by atoms with Crippen LogP contribution in [0.1, 0.15) is 25.7 Å². The molecule has 0 bridgehead atoms. The van der Waals surface area contributed by atoms with Crippen LogP contribution in [-0.4, -0.2) is 40.0 Å². The molecule has 5 heteroatoms. The Bertz CT molecular complexity index is 398. The van der Waals surface area contributed by atoms with Gasteiger partial charge in [-0.15, -0.1) is 0 Å². The van der Waals surface area contributed by atoms with Gasteiger partial charge in [-0.05, 0) is 48.4 Å². The first-order valence-corrected chi connectivity index (χ1v) is 7.38. The third kappa shape index (κ3) is 2.40. The maximum atomic E-state index is 4.33. The van der Waals surface area contributed by atoms with Crippen molar-refractivity contribution in [2.45, 2.75) is 37.8 Å². The number of hydrogen-bond donors (Lipinski definition) is 1. The van der Waals surface area contributed by atoms with Crippen LogP contribution in [0.3, 0.4) is 0 Å². The Labute approximate surface area is 115 Å². The van der Waals surface area contributed by atoms with E-state index in [-0.39, 0.29) is 0 Å². The molecule has 17 heavy (non-hydrogen) atoms. The van der Waals surface area contributed by atoms with Crippen molar-refractivity contribution >= 4 is 28.4 Å². The third-order valence-electron chi connectivity index (χ3n) is 3.85. The number of hydrogen-bond acceptors (Lipinski definition) is 4. The molecule has 2 fully saturated rings. The van der Waals surface area contributed by atoms with Gasteiger partial charge < -0.3 is 5.32 Å². The Hall–Kier alpha value is -0.430. The number of anilines is 1. The molecule has 3 rings (SSSR count). The van der Waals surface area contributed by atoms with E-state index in [0.717, 1.165) is 15.4 Å². The molecule has 1 N–H and O–H groups in total. The molecule has 2 unspecified atom stereocenters. The van der Waals surface area contributed by atoms with Gasteiger partial charge in [0.1, 0.15) is 12.1 Å². The molecule has 2 saturated heterocycles. The van der Waals surface area contributed by atoms with Gasteiger partial charge in [-0.2, -0.15) is 0 Å². The molecule has 1 aromatic rings. The van der Waals surface area contributed by atoms with Crippen molar-refractivity contribution in [3.8, 4) is 0 Å². The number of fused-ring (bicyclic) bond motifs is 1. The largest absolute Gasteiger partial charge is 0.365 e. The van der Waals surface area contributed by atoms with Gasteiger partial charge in [0.15, 0.2) is 0 Å². The van der Waals surface area contributed by atoms with Gasteiger partial charge in [-0.3, -0.25) is 4.90 Å². The van der Waals surface area contributed by atoms with Crippen molar-refractivity contribution in [2.24, 2.45) is 0 Å². The summed E-state index contributed by atoms with van der Waals surface area (Å²) < 4.78 is 1.11. The number of piperidine rings is 1. The topological polar surface area (TPSA) is 41.1 Å². The molecule has 92 valence electrons. The molecule has 3 heterocycles. The van der Waals surface area contributed by atoms with Gasteiger partial charge in [0.25, 0.3) is 0 Å². The standard InChI is InChI=1S/C12H17IN4/c13-9-7-14-8-15-12(9)16-10-4-6-17-5-2-1-3-11(10)17/h7-8,10-11H,1-6H2,(H,14,15,16). The molecule has 2 atom stereocenters. The average molecular weight is 344 g/mol. The lowest BCUT2D eigenvalue weighted by atomic mass is 9.99. The minimum Gasteiger partial charge on any atom is -0.365 e. The molecule has 1 aromatic heterocycles. The Morgan fingerprint density at radius 2 is 2.24 bits per heavy atom. The number of nitrogens with zero attached hydrogens (tertiary/aromatic N) is 3. The van der Waals surface area contributed by atoms with Crippen molar-refractivity contribution in [1.29, 1.82) is 0 Å². The molecule has 0 aromatic carbocycles. The van der Waals surface area contributed by atoms with Crippen LogP contribution in [0.2, 0.25) is 0 Å². The quantitative estimate of drug-likeness (QED) is 0.835. The number of rotatable bonds is 2. The van der Waals surface area contributed by atoms with E-state index in [1.807, 2.05) is 6.20 Å². The lowest BCUT2D eigenvalue weighted by molar-refractivity contribution is 0.192. The summed E-state index contributed by atoms with van der Waals surface area (Å²) in [7, 11) is 0. The molecule has 2 aliphatic rings. The Morgan fingerprint density at radius 3 is 3.12 bits per heavy atom. The van der Waals surface area contributed by atoms with E-state index in [9.17, 15) is 0 Å². The highest BCUT2D eigenvalue weighted by molar-refractivity contribution is 14.1. The smallest absolute Gasteiger partial charge is 0.143 e. The predicted octanol–water partition coefficient (Wildman–Crippen LogP) is 2.12. The van der Waals surface area contributed by atoms with Gasteiger partial charge in [-0.1, -0.05) is 6.42 Å². The number of nitrogens with one attached hydrogen (secondary N) is 1. The summed E-state index contributed by atoms with van der Waals surface area (Å²) in [6.07, 6.45) is 8.81. The summed E-state index contributed by atoms with van der Waals surface area (Å²) in [6.45, 7) is 2.52. The summed E-state index contributed by atoms with van der Waals surface area (Å²) in [5, 5.41) is 3.61. The molecule has 2 aliphatic heterocycles. The highest BCUT2D eigenvalue weighted by Gasteiger charge is 2.35. The average Bonchev–Trinajstić information content (AvgIpc) is 2.76. The normalized spacial score (nSPS) is 29.0. The van der Waals surface area contributed by atoms with E-state index in [2.05, 4.69) is 42.8 Å². The molecular weight excluding hydrogens is 327 g/mol. The Kier molecular flexibility index (Phi) is 3.46. The molecule has 0 amide bonds. The monoisotopic (exact) mass is 344 g/mol. The minimum absolute atomic E-state index is 0.568. The van der Waals surface area contributed by atoms with Crippen LogP contribution in [0.15, 0.2) is 12.5 Å². The second-order valence-electron chi connectivity index (χ2n) is 4.86. The van der Waals surface area contributed by atoms with Gasteiger partial charge in [0.05, 0.1) is 3.57 Å². The zero-order valence-electron chi connectivity index (χ0n) is 9.77. The van der Waals surface area contributed by atoms with Crippen LogP contribution >= 0.6 is 22.6 Å². The Balaban J connectivity index is 1.71. The Morgan fingerprint density at radius 1 is 1.29 bits per heavy atom. The maximum Gasteiger partial charge on any atom is 0.143 e. The van der Waals surface area contributed by atoms with Crippen LogP contribution in [0, 0.1) is 3.57 Å². The summed E-state index contributed by atoms with van der Waals surface area (Å²) in [5.74, 6) is 0.998. The highest BCUT2D eigenvalue weighted by atomic mass is 127. The van der Waals surface area contributed by atoms with E-state index < -0.39 is 0 Å². The number of aromatic nitrogens is 2. The molecule has 0 radical (unpaired) electrons. The molecule has 0 saturated carbocycles. The van der Waals surface area contributed by atoms with Crippen molar-refractivity contribution in [3.05, 3.63) is 16.1 Å². The maximum absolute atomic E-state index is 4.33. The molecule has 0 aliphatic carbocycles. The third-order valence-corrected chi connectivity index (χ3v) is 4.64. The van der Waals surface area contributed by atoms with Crippen LogP contribution < -0.4 is 5.32 Å². The van der Waals surface area contributed by atoms with Crippen molar-refractivity contribution in [3.63, 3.8) is 0 Å². The molecule has 4 nitrogen and oxygen atoms in total. The lowest BCUT2D eigenvalue weighted by Gasteiger charge is -2.32. The van der Waals surface area contributed by atoms with Crippen LogP contribution in [0.4, 0.5) is 5.82 Å². The first kappa shape index (κ1) is 11.6. The van der Waals surface area contributed by atoms with E-state index in [4.69, 9.17) is 0 Å². The van der Waals surface area contributed by atoms with Crippen LogP contribution in [-0.2, 0) is 0 Å². The highest BCUT2D eigenvalue weighted by Crippen LogP contribution is 2.29. The second-order valence-corrected chi connectivity index (χ2v) is 6.02. The van der Waals surface area contributed by atoms with Gasteiger partial charge >= 0.3 is 0 Å². The SMILES string of the molecule is Ic1cncnc1NC1CCN2CCCCC12. The van der Waals surface area contributed by atoms with Gasteiger partial charge in [0, 0.05) is 24.8 Å². The van der Waals surface area contributed by atoms with Gasteiger partial charge in [-0.25, -0.2) is 9.97 Å². The van der Waals surface area contributed by atoms with Gasteiger partial charge in [0.2, 0.25) is 0 Å². The van der Waals surface area contributed by atoms with Crippen LogP contribution in [0.5, 0.6) is 0 Å². The van der Waals surface area contributed by atoms with Crippen molar-refractivity contribution < 1.29 is 0 Å². The summed E-state index contributed by atoms with van der Waals surface area (Å²) in [6, 6.07) is 1.29. The second kappa shape index (κ2) is 5.06. The lowest BCUT2D eigenvalue weighted by Crippen LogP contribution is -2.41. The summed E-state index contributed by atoms with van der Waals surface area (Å²) in [4.78, 5) is 11.0. The predicted molar refractivity (Wildman–Crippen MR) is 76.0 cm³/mol. The van der Waals surface area contributed by atoms with E-state index >= 15 is 0 Å². The van der Waals surface area contributed by atoms with Crippen molar-refractivity contribution in [1.82, 2.24) is 14.9 Å². The summed E-state index contributed by atoms with van der Waals surface area (Å²) in [5.41, 5.74) is 0. The number of halogens is 1. The zero-order valence-corrected chi connectivity index (χ0v) is 11.9. The first-order valence-electron chi connectivity index (χ1n) is 6.31. The summed E-state index contributed by atoms with van der Waals surface area (Å²) >= 11 is 2.29. The zero-order chi connectivity index (χ0) is 11.7. The fourth-order valence-corrected chi connectivity index (χ4v) is 3.47. The van der Waals surface area contributed by atoms with Crippen LogP contribution in [0.25, 0.3) is 0 Å². The van der Waals surface area contributed by atoms with E-state index in [0.29, 0.717) is 6.04 Å². The fraction of sp³-hybridized carbons (Fsp3) is 0.667. The van der Waals surface area contributed by atoms with E-state index in [1.54, 1.807) is 6.33 Å². The molecular formula is C12H17IN4. The fourth-order valence-electron chi connectivity index (χ4n) is 3.01. The van der Waals surface area contributed by atoms with Crippen molar-refractivity contribution in [2.75, 3.05) is 18.4 Å². The first-order chi connectivity index (χ1) is 8.34.